The van der Waals surface area contributed by atoms with Crippen molar-refractivity contribution in [3.05, 3.63) is 70.9 Å². The third-order valence-corrected chi connectivity index (χ3v) is 5.55. The molecule has 1 saturated heterocycles. The first-order valence-corrected chi connectivity index (χ1v) is 10.2. The van der Waals surface area contributed by atoms with Gasteiger partial charge in [0, 0.05) is 43.4 Å². The Bertz CT molecular complexity index is 893. The smallest absolute Gasteiger partial charge is 0.228 e. The molecule has 1 aromatic carbocycles. The molecule has 0 unspecified atom stereocenters. The van der Waals surface area contributed by atoms with Crippen molar-refractivity contribution in [3.63, 3.8) is 0 Å². The van der Waals surface area contributed by atoms with Crippen molar-refractivity contribution < 1.29 is 9.53 Å². The minimum Gasteiger partial charge on any atom is -0.485 e. The van der Waals surface area contributed by atoms with Crippen LogP contribution in [0, 0.1) is 0 Å². The number of benzene rings is 1. The van der Waals surface area contributed by atoms with Gasteiger partial charge >= 0.3 is 0 Å². The Balaban J connectivity index is 1.26. The molecule has 0 N–H and O–H groups in total. The number of anilines is 1. The molecule has 0 aliphatic carbocycles. The highest BCUT2D eigenvalue weighted by Gasteiger charge is 2.22. The molecule has 0 bridgehead atoms. The molecule has 1 aliphatic heterocycles. The highest BCUT2D eigenvalue weighted by atomic mass is 32.1. The van der Waals surface area contributed by atoms with E-state index in [1.807, 2.05) is 40.6 Å². The minimum atomic E-state index is 0.137. The summed E-state index contributed by atoms with van der Waals surface area (Å²) < 4.78 is 5.67. The molecule has 3 heterocycles. The maximum atomic E-state index is 12.6. The number of nitrogens with zero attached hydrogens (tertiary/aromatic N) is 4. The van der Waals surface area contributed by atoms with E-state index >= 15 is 0 Å². The predicted octanol–water partition coefficient (Wildman–Crippen LogP) is 3.01. The van der Waals surface area contributed by atoms with E-state index in [0.717, 1.165) is 36.9 Å². The van der Waals surface area contributed by atoms with Crippen LogP contribution in [0.1, 0.15) is 10.7 Å². The first kappa shape index (κ1) is 18.4. The van der Waals surface area contributed by atoms with E-state index in [1.165, 1.54) is 17.0 Å². The Labute approximate surface area is 168 Å². The molecule has 1 amide bonds. The third kappa shape index (κ3) is 4.67. The van der Waals surface area contributed by atoms with Crippen LogP contribution < -0.4 is 9.64 Å². The van der Waals surface area contributed by atoms with Gasteiger partial charge in [-0.3, -0.25) is 9.78 Å². The van der Waals surface area contributed by atoms with E-state index in [0.29, 0.717) is 18.8 Å². The van der Waals surface area contributed by atoms with Crippen LogP contribution in [-0.4, -0.2) is 47.0 Å². The van der Waals surface area contributed by atoms with Crippen LogP contribution >= 0.6 is 11.3 Å². The zero-order valence-corrected chi connectivity index (χ0v) is 16.3. The molecule has 7 heteroatoms. The Morgan fingerprint density at radius 3 is 2.64 bits per heavy atom. The number of aromatic nitrogens is 2. The number of piperazine rings is 1. The van der Waals surface area contributed by atoms with Crippen molar-refractivity contribution in [2.45, 2.75) is 13.0 Å². The van der Waals surface area contributed by atoms with Crippen LogP contribution in [-0.2, 0) is 17.8 Å². The molecule has 144 valence electrons. The van der Waals surface area contributed by atoms with Gasteiger partial charge in [-0.2, -0.15) is 0 Å². The number of carbonyl (C=O) groups excluding carboxylic acids is 1. The van der Waals surface area contributed by atoms with Gasteiger partial charge in [-0.05, 0) is 24.3 Å². The topological polar surface area (TPSA) is 58.6 Å². The zero-order valence-electron chi connectivity index (χ0n) is 15.5. The van der Waals surface area contributed by atoms with Gasteiger partial charge < -0.3 is 14.5 Å². The molecule has 1 aliphatic rings. The fraction of sp³-hybridized carbons (Fsp3) is 0.286. The minimum absolute atomic E-state index is 0.137. The summed E-state index contributed by atoms with van der Waals surface area (Å²) in [7, 11) is 0. The molecule has 3 aromatic rings. The summed E-state index contributed by atoms with van der Waals surface area (Å²) in [6, 6.07) is 14.0. The van der Waals surface area contributed by atoms with Gasteiger partial charge in [0.15, 0.2) is 0 Å². The Morgan fingerprint density at radius 2 is 1.89 bits per heavy atom. The van der Waals surface area contributed by atoms with Gasteiger partial charge in [0.2, 0.25) is 5.91 Å². The van der Waals surface area contributed by atoms with Crippen LogP contribution in [0.15, 0.2) is 60.2 Å². The van der Waals surface area contributed by atoms with Crippen molar-refractivity contribution in [2.75, 3.05) is 31.1 Å². The number of para-hydroxylation sites is 1. The number of thiazole rings is 1. The lowest BCUT2D eigenvalue weighted by atomic mass is 10.2. The van der Waals surface area contributed by atoms with Gasteiger partial charge in [-0.1, -0.05) is 18.2 Å². The molecule has 4 rings (SSSR count). The maximum Gasteiger partial charge on any atom is 0.228 e. The van der Waals surface area contributed by atoms with E-state index < -0.39 is 0 Å². The second-order valence-electron chi connectivity index (χ2n) is 6.59. The summed E-state index contributed by atoms with van der Waals surface area (Å²) in [6.45, 7) is 3.60. The molecule has 0 atom stereocenters. The summed E-state index contributed by atoms with van der Waals surface area (Å²) in [6.07, 6.45) is 3.72. The van der Waals surface area contributed by atoms with Crippen molar-refractivity contribution in [3.8, 4) is 5.75 Å². The van der Waals surface area contributed by atoms with Crippen LogP contribution in [0.4, 0.5) is 5.69 Å². The lowest BCUT2D eigenvalue weighted by Gasteiger charge is -2.36. The van der Waals surface area contributed by atoms with E-state index in [-0.39, 0.29) is 5.91 Å². The van der Waals surface area contributed by atoms with Crippen molar-refractivity contribution in [2.24, 2.45) is 0 Å². The monoisotopic (exact) mass is 394 g/mol. The molecule has 2 aromatic heterocycles. The predicted molar refractivity (Wildman–Crippen MR) is 110 cm³/mol. The maximum absolute atomic E-state index is 12.6. The number of amides is 1. The summed E-state index contributed by atoms with van der Waals surface area (Å²) >= 11 is 1.52. The molecule has 1 fully saturated rings. The highest BCUT2D eigenvalue weighted by molar-refractivity contribution is 7.09. The molecular weight excluding hydrogens is 372 g/mol. The SMILES string of the molecule is O=C(Cc1csc(COc2cccnc2)n1)N1CCN(c2ccccc2)CC1. The standard InChI is InChI=1S/C21H22N4O2S/c26-21(25-11-9-24(10-12-25)18-5-2-1-3-6-18)13-17-16-28-20(23-17)15-27-19-7-4-8-22-14-19/h1-8,14,16H,9-13,15H2. The van der Waals surface area contributed by atoms with E-state index in [1.54, 1.807) is 12.4 Å². The number of rotatable bonds is 6. The summed E-state index contributed by atoms with van der Waals surface area (Å²) in [5, 5.41) is 2.81. The Kier molecular flexibility index (Phi) is 5.82. The van der Waals surface area contributed by atoms with Crippen molar-refractivity contribution in [1.82, 2.24) is 14.9 Å². The van der Waals surface area contributed by atoms with E-state index in [9.17, 15) is 4.79 Å². The van der Waals surface area contributed by atoms with Crippen LogP contribution in [0.2, 0.25) is 0 Å². The third-order valence-electron chi connectivity index (χ3n) is 4.68. The number of ether oxygens (including phenoxy) is 1. The molecule has 28 heavy (non-hydrogen) atoms. The largest absolute Gasteiger partial charge is 0.485 e. The van der Waals surface area contributed by atoms with E-state index in [4.69, 9.17) is 4.74 Å². The second-order valence-corrected chi connectivity index (χ2v) is 7.53. The molecule has 0 saturated carbocycles. The number of hydrogen-bond acceptors (Lipinski definition) is 6. The van der Waals surface area contributed by atoms with Gasteiger partial charge in [-0.15, -0.1) is 11.3 Å². The number of pyridine rings is 1. The average Bonchev–Trinajstić information content (AvgIpc) is 3.21. The van der Waals surface area contributed by atoms with Gasteiger partial charge in [-0.25, -0.2) is 4.98 Å². The number of hydrogen-bond donors (Lipinski definition) is 0. The average molecular weight is 395 g/mol. The first-order valence-electron chi connectivity index (χ1n) is 9.32. The Morgan fingerprint density at radius 1 is 1.07 bits per heavy atom. The molecule has 0 radical (unpaired) electrons. The van der Waals surface area contributed by atoms with E-state index in [2.05, 4.69) is 27.0 Å². The van der Waals surface area contributed by atoms with Gasteiger partial charge in [0.1, 0.15) is 17.4 Å². The molecular formula is C21H22N4O2S. The second kappa shape index (κ2) is 8.84. The Hall–Kier alpha value is -2.93. The van der Waals surface area contributed by atoms with Gasteiger partial charge in [0.05, 0.1) is 18.3 Å². The normalized spacial score (nSPS) is 14.1. The molecule has 6 nitrogen and oxygen atoms in total. The molecule has 0 spiro atoms. The van der Waals surface area contributed by atoms with Gasteiger partial charge in [0.25, 0.3) is 0 Å². The lowest BCUT2D eigenvalue weighted by molar-refractivity contribution is -0.130. The van der Waals surface area contributed by atoms with Crippen molar-refractivity contribution >= 4 is 22.9 Å². The summed E-state index contributed by atoms with van der Waals surface area (Å²) in [4.78, 5) is 25.4. The fourth-order valence-electron chi connectivity index (χ4n) is 3.19. The quantitative estimate of drug-likeness (QED) is 0.643. The van der Waals surface area contributed by atoms with Crippen molar-refractivity contribution in [1.29, 1.82) is 0 Å². The summed E-state index contributed by atoms with van der Waals surface area (Å²) in [5.74, 6) is 0.851. The first-order chi connectivity index (χ1) is 13.8. The van der Waals surface area contributed by atoms with Crippen LogP contribution in [0.5, 0.6) is 5.75 Å². The highest BCUT2D eigenvalue weighted by Crippen LogP contribution is 2.18. The zero-order chi connectivity index (χ0) is 19.2. The lowest BCUT2D eigenvalue weighted by Crippen LogP contribution is -2.49. The van der Waals surface area contributed by atoms with Crippen LogP contribution in [0.3, 0.4) is 0 Å². The fourth-order valence-corrected chi connectivity index (χ4v) is 3.90. The van der Waals surface area contributed by atoms with Crippen LogP contribution in [0.25, 0.3) is 0 Å². The summed E-state index contributed by atoms with van der Waals surface area (Å²) in [5.41, 5.74) is 2.03. The number of carbonyl (C=O) groups is 1.